The number of thioether (sulfide) groups is 1. The van der Waals surface area contributed by atoms with Gasteiger partial charge in [-0.05, 0) is 0 Å². The summed E-state index contributed by atoms with van der Waals surface area (Å²) in [6.07, 6.45) is -0.669. The molecule has 1 rings (SSSR count). The molecule has 1 atom stereocenters. The van der Waals surface area contributed by atoms with Gasteiger partial charge in [0.15, 0.2) is 5.82 Å². The SMILES string of the molecule is Cc1nc(CSCC(O)CO)no1. The maximum absolute atomic E-state index is 9.01. The van der Waals surface area contributed by atoms with Crippen molar-refractivity contribution in [3.05, 3.63) is 11.7 Å². The Morgan fingerprint density at radius 3 is 2.92 bits per heavy atom. The first-order chi connectivity index (χ1) is 6.22. The summed E-state index contributed by atoms with van der Waals surface area (Å²) in [5.74, 6) is 2.23. The number of aromatic nitrogens is 2. The Balaban J connectivity index is 2.20. The predicted molar refractivity (Wildman–Crippen MR) is 48.3 cm³/mol. The third-order valence-electron chi connectivity index (χ3n) is 1.32. The van der Waals surface area contributed by atoms with Crippen LogP contribution in [0.5, 0.6) is 0 Å². The van der Waals surface area contributed by atoms with Gasteiger partial charge in [-0.3, -0.25) is 0 Å². The number of hydrogen-bond donors (Lipinski definition) is 2. The van der Waals surface area contributed by atoms with E-state index in [2.05, 4.69) is 10.1 Å². The Morgan fingerprint density at radius 2 is 2.38 bits per heavy atom. The molecule has 0 amide bonds. The number of aliphatic hydroxyl groups is 2. The highest BCUT2D eigenvalue weighted by molar-refractivity contribution is 7.98. The van der Waals surface area contributed by atoms with Crippen LogP contribution >= 0.6 is 11.8 Å². The van der Waals surface area contributed by atoms with Crippen LogP contribution in [0.1, 0.15) is 11.7 Å². The molecule has 0 spiro atoms. The lowest BCUT2D eigenvalue weighted by molar-refractivity contribution is 0.113. The molecule has 0 saturated carbocycles. The molecule has 1 aromatic heterocycles. The van der Waals surface area contributed by atoms with Gasteiger partial charge in [0, 0.05) is 12.7 Å². The minimum atomic E-state index is -0.669. The summed E-state index contributed by atoms with van der Waals surface area (Å²) >= 11 is 1.46. The zero-order valence-corrected chi connectivity index (χ0v) is 8.12. The van der Waals surface area contributed by atoms with Crippen molar-refractivity contribution in [2.24, 2.45) is 0 Å². The standard InChI is InChI=1S/C7H12N2O3S/c1-5-8-7(9-12-5)4-13-3-6(11)2-10/h6,10-11H,2-4H2,1H3. The number of rotatable bonds is 5. The molecule has 13 heavy (non-hydrogen) atoms. The molecular formula is C7H12N2O3S. The highest BCUT2D eigenvalue weighted by Gasteiger charge is 2.05. The monoisotopic (exact) mass is 204 g/mol. The summed E-state index contributed by atoms with van der Waals surface area (Å²) < 4.78 is 4.76. The van der Waals surface area contributed by atoms with Crippen molar-refractivity contribution in [2.45, 2.75) is 18.8 Å². The average Bonchev–Trinajstić information content (AvgIpc) is 2.51. The molecule has 0 aliphatic heterocycles. The van der Waals surface area contributed by atoms with Crippen molar-refractivity contribution in [2.75, 3.05) is 12.4 Å². The fourth-order valence-corrected chi connectivity index (χ4v) is 1.53. The van der Waals surface area contributed by atoms with Gasteiger partial charge in [0.2, 0.25) is 5.89 Å². The fourth-order valence-electron chi connectivity index (χ4n) is 0.739. The molecule has 0 aliphatic carbocycles. The minimum Gasteiger partial charge on any atom is -0.394 e. The van der Waals surface area contributed by atoms with Crippen LogP contribution in [-0.2, 0) is 5.75 Å². The summed E-state index contributed by atoms with van der Waals surface area (Å²) in [6.45, 7) is 1.52. The molecule has 6 heteroatoms. The average molecular weight is 204 g/mol. The molecule has 0 bridgehead atoms. The van der Waals surface area contributed by atoms with Crippen molar-refractivity contribution in [3.8, 4) is 0 Å². The summed E-state index contributed by atoms with van der Waals surface area (Å²) in [5.41, 5.74) is 0. The van der Waals surface area contributed by atoms with Crippen molar-refractivity contribution in [3.63, 3.8) is 0 Å². The van der Waals surface area contributed by atoms with Gasteiger partial charge in [0.25, 0.3) is 0 Å². The second-order valence-electron chi connectivity index (χ2n) is 2.58. The molecule has 1 unspecified atom stereocenters. The van der Waals surface area contributed by atoms with E-state index in [-0.39, 0.29) is 6.61 Å². The third kappa shape index (κ3) is 3.75. The topological polar surface area (TPSA) is 79.4 Å². The molecule has 5 nitrogen and oxygen atoms in total. The lowest BCUT2D eigenvalue weighted by atomic mass is 10.4. The van der Waals surface area contributed by atoms with Crippen molar-refractivity contribution >= 4 is 11.8 Å². The number of aliphatic hydroxyl groups excluding tert-OH is 2. The molecule has 1 heterocycles. The normalized spacial score (nSPS) is 13.2. The van der Waals surface area contributed by atoms with Crippen LogP contribution in [0, 0.1) is 6.92 Å². The van der Waals surface area contributed by atoms with Gasteiger partial charge in [-0.25, -0.2) is 0 Å². The largest absolute Gasteiger partial charge is 0.394 e. The quantitative estimate of drug-likeness (QED) is 0.701. The van der Waals surface area contributed by atoms with Crippen LogP contribution in [0.2, 0.25) is 0 Å². The van der Waals surface area contributed by atoms with E-state index in [1.165, 1.54) is 11.8 Å². The first-order valence-corrected chi connectivity index (χ1v) is 5.03. The maximum atomic E-state index is 9.01. The van der Waals surface area contributed by atoms with E-state index in [0.717, 1.165) is 0 Å². The second-order valence-corrected chi connectivity index (χ2v) is 3.61. The zero-order valence-electron chi connectivity index (χ0n) is 7.30. The van der Waals surface area contributed by atoms with Crippen molar-refractivity contribution < 1.29 is 14.7 Å². The molecule has 0 saturated heterocycles. The highest BCUT2D eigenvalue weighted by atomic mass is 32.2. The van der Waals surface area contributed by atoms with E-state index in [1.807, 2.05) is 0 Å². The molecule has 2 N–H and O–H groups in total. The van der Waals surface area contributed by atoms with Crippen molar-refractivity contribution in [1.82, 2.24) is 10.1 Å². The second kappa shape index (κ2) is 5.21. The summed E-state index contributed by atoms with van der Waals surface area (Å²) in [7, 11) is 0. The van der Waals surface area contributed by atoms with E-state index in [9.17, 15) is 0 Å². The zero-order chi connectivity index (χ0) is 9.68. The summed E-state index contributed by atoms with van der Waals surface area (Å²) in [6, 6.07) is 0. The van der Waals surface area contributed by atoms with Crippen LogP contribution in [0.15, 0.2) is 4.52 Å². The van der Waals surface area contributed by atoms with E-state index in [1.54, 1.807) is 6.92 Å². The fraction of sp³-hybridized carbons (Fsp3) is 0.714. The van der Waals surface area contributed by atoms with Crippen LogP contribution in [0.25, 0.3) is 0 Å². The molecule has 1 aromatic rings. The van der Waals surface area contributed by atoms with Gasteiger partial charge in [-0.2, -0.15) is 16.7 Å². The Kier molecular flexibility index (Phi) is 4.20. The number of aryl methyl sites for hydroxylation is 1. The molecule has 0 fully saturated rings. The van der Waals surface area contributed by atoms with Crippen LogP contribution in [-0.4, -0.2) is 38.8 Å². The Morgan fingerprint density at radius 1 is 1.62 bits per heavy atom. The Bertz CT molecular complexity index is 254. The van der Waals surface area contributed by atoms with Gasteiger partial charge in [0.05, 0.1) is 18.5 Å². The molecular weight excluding hydrogens is 192 g/mol. The summed E-state index contributed by atoms with van der Waals surface area (Å²) in [4.78, 5) is 3.99. The van der Waals surface area contributed by atoms with E-state index in [0.29, 0.717) is 23.2 Å². The minimum absolute atomic E-state index is 0.210. The van der Waals surface area contributed by atoms with E-state index in [4.69, 9.17) is 14.7 Å². The third-order valence-corrected chi connectivity index (χ3v) is 2.40. The summed E-state index contributed by atoms with van der Waals surface area (Å²) in [5, 5.41) is 21.2. The van der Waals surface area contributed by atoms with Crippen LogP contribution in [0.3, 0.4) is 0 Å². The van der Waals surface area contributed by atoms with Gasteiger partial charge in [-0.1, -0.05) is 5.16 Å². The van der Waals surface area contributed by atoms with Crippen LogP contribution < -0.4 is 0 Å². The van der Waals surface area contributed by atoms with Gasteiger partial charge < -0.3 is 14.7 Å². The first-order valence-electron chi connectivity index (χ1n) is 3.88. The molecule has 74 valence electrons. The number of nitrogens with zero attached hydrogens (tertiary/aromatic N) is 2. The van der Waals surface area contributed by atoms with E-state index < -0.39 is 6.10 Å². The number of hydrogen-bond acceptors (Lipinski definition) is 6. The molecule has 0 radical (unpaired) electrons. The molecule has 0 aliphatic rings. The Hall–Kier alpha value is -0.590. The smallest absolute Gasteiger partial charge is 0.223 e. The van der Waals surface area contributed by atoms with Gasteiger partial charge >= 0.3 is 0 Å². The lowest BCUT2D eigenvalue weighted by Crippen LogP contribution is -2.14. The predicted octanol–water partition coefficient (Wildman–Crippen LogP) is -0.0356. The van der Waals surface area contributed by atoms with E-state index >= 15 is 0 Å². The molecule has 0 aromatic carbocycles. The lowest BCUT2D eigenvalue weighted by Gasteiger charge is -2.03. The maximum Gasteiger partial charge on any atom is 0.223 e. The van der Waals surface area contributed by atoms with Gasteiger partial charge in [-0.15, -0.1) is 0 Å². The Labute approximate surface area is 80.2 Å². The highest BCUT2D eigenvalue weighted by Crippen LogP contribution is 2.10. The first kappa shape index (κ1) is 10.5. The van der Waals surface area contributed by atoms with Gasteiger partial charge in [0.1, 0.15) is 0 Å². The van der Waals surface area contributed by atoms with Crippen molar-refractivity contribution in [1.29, 1.82) is 0 Å². The van der Waals surface area contributed by atoms with Crippen LogP contribution in [0.4, 0.5) is 0 Å².